The van der Waals surface area contributed by atoms with Crippen LogP contribution in [-0.4, -0.2) is 23.4 Å². The quantitative estimate of drug-likeness (QED) is 0.751. The molecule has 5 heteroatoms. The number of aryl methyl sites for hydroxylation is 2. The summed E-state index contributed by atoms with van der Waals surface area (Å²) in [6, 6.07) is 14.1. The molecule has 0 aliphatic rings. The highest BCUT2D eigenvalue weighted by molar-refractivity contribution is 7.07. The SMILES string of the molecule is COc1ccc(N=c2scc(-c3ccc(C)c(C)c3)n2CCO)cc1. The summed E-state index contributed by atoms with van der Waals surface area (Å²) in [7, 11) is 1.65. The first-order chi connectivity index (χ1) is 12.1. The molecule has 0 radical (unpaired) electrons. The first kappa shape index (κ1) is 17.5. The van der Waals surface area contributed by atoms with Crippen LogP contribution in [0.3, 0.4) is 0 Å². The van der Waals surface area contributed by atoms with Crippen molar-refractivity contribution in [2.45, 2.75) is 20.4 Å². The van der Waals surface area contributed by atoms with E-state index < -0.39 is 0 Å². The maximum Gasteiger partial charge on any atom is 0.190 e. The number of benzene rings is 2. The molecule has 4 nitrogen and oxygen atoms in total. The molecule has 1 aromatic heterocycles. The molecule has 0 amide bonds. The first-order valence-corrected chi connectivity index (χ1v) is 9.06. The summed E-state index contributed by atoms with van der Waals surface area (Å²) in [6.07, 6.45) is 0. The molecule has 0 unspecified atom stereocenters. The van der Waals surface area contributed by atoms with Gasteiger partial charge in [0.1, 0.15) is 5.75 Å². The molecule has 130 valence electrons. The van der Waals surface area contributed by atoms with Gasteiger partial charge < -0.3 is 14.4 Å². The Kier molecular flexibility index (Phi) is 5.36. The Labute approximate surface area is 151 Å². The van der Waals surface area contributed by atoms with Crippen LogP contribution in [0.25, 0.3) is 11.3 Å². The highest BCUT2D eigenvalue weighted by Crippen LogP contribution is 2.24. The highest BCUT2D eigenvalue weighted by atomic mass is 32.1. The summed E-state index contributed by atoms with van der Waals surface area (Å²) in [4.78, 5) is 5.60. The molecule has 0 saturated carbocycles. The second-order valence-electron chi connectivity index (χ2n) is 5.89. The second-order valence-corrected chi connectivity index (χ2v) is 6.72. The number of methoxy groups -OCH3 is 1. The maximum atomic E-state index is 9.49. The summed E-state index contributed by atoms with van der Waals surface area (Å²) in [5.74, 6) is 0.809. The molecular formula is C20H22N2O2S. The topological polar surface area (TPSA) is 46.8 Å². The van der Waals surface area contributed by atoms with Crippen molar-refractivity contribution in [1.29, 1.82) is 0 Å². The minimum Gasteiger partial charge on any atom is -0.497 e. The first-order valence-electron chi connectivity index (χ1n) is 8.18. The van der Waals surface area contributed by atoms with Crippen LogP contribution in [0.1, 0.15) is 11.1 Å². The lowest BCUT2D eigenvalue weighted by Gasteiger charge is -2.09. The Bertz CT molecular complexity index is 924. The molecule has 25 heavy (non-hydrogen) atoms. The molecule has 2 aromatic carbocycles. The van der Waals surface area contributed by atoms with Gasteiger partial charge in [0, 0.05) is 11.9 Å². The number of aromatic nitrogens is 1. The van der Waals surface area contributed by atoms with Crippen LogP contribution in [0.5, 0.6) is 5.75 Å². The van der Waals surface area contributed by atoms with Crippen LogP contribution in [0.15, 0.2) is 52.8 Å². The van der Waals surface area contributed by atoms with Crippen molar-refractivity contribution in [2.75, 3.05) is 13.7 Å². The van der Waals surface area contributed by atoms with E-state index in [0.717, 1.165) is 27.5 Å². The van der Waals surface area contributed by atoms with Gasteiger partial charge in [0.25, 0.3) is 0 Å². The van der Waals surface area contributed by atoms with Gasteiger partial charge in [-0.1, -0.05) is 12.1 Å². The van der Waals surface area contributed by atoms with E-state index in [1.54, 1.807) is 18.4 Å². The van der Waals surface area contributed by atoms with Gasteiger partial charge in [-0.3, -0.25) is 0 Å². The maximum absolute atomic E-state index is 9.49. The fourth-order valence-corrected chi connectivity index (χ4v) is 3.59. The van der Waals surface area contributed by atoms with Crippen LogP contribution in [0.2, 0.25) is 0 Å². The zero-order valence-corrected chi connectivity index (χ0v) is 15.5. The normalized spacial score (nSPS) is 11.8. The number of rotatable bonds is 5. The monoisotopic (exact) mass is 354 g/mol. The van der Waals surface area contributed by atoms with E-state index in [0.29, 0.717) is 6.54 Å². The average molecular weight is 354 g/mol. The Morgan fingerprint density at radius 1 is 1.08 bits per heavy atom. The van der Waals surface area contributed by atoms with Gasteiger partial charge in [-0.25, -0.2) is 4.99 Å². The number of aliphatic hydroxyl groups excluding tert-OH is 1. The molecule has 0 saturated heterocycles. The van der Waals surface area contributed by atoms with Crippen molar-refractivity contribution in [3.8, 4) is 17.0 Å². The molecule has 1 N–H and O–H groups in total. The number of ether oxygens (including phenoxy) is 1. The number of thiazole rings is 1. The van der Waals surface area contributed by atoms with Crippen molar-refractivity contribution in [3.05, 3.63) is 63.8 Å². The van der Waals surface area contributed by atoms with Crippen molar-refractivity contribution in [3.63, 3.8) is 0 Å². The third-order valence-corrected chi connectivity index (χ3v) is 5.08. The predicted octanol–water partition coefficient (Wildman–Crippen LogP) is 4.07. The zero-order chi connectivity index (χ0) is 17.8. The molecule has 3 aromatic rings. The lowest BCUT2D eigenvalue weighted by Crippen LogP contribution is -2.17. The third-order valence-electron chi connectivity index (χ3n) is 4.22. The number of hydrogen-bond donors (Lipinski definition) is 1. The molecular weight excluding hydrogens is 332 g/mol. The van der Waals surface area contributed by atoms with Gasteiger partial charge in [0.05, 0.1) is 25.1 Å². The van der Waals surface area contributed by atoms with Crippen LogP contribution in [0, 0.1) is 13.8 Å². The molecule has 0 atom stereocenters. The van der Waals surface area contributed by atoms with Gasteiger partial charge >= 0.3 is 0 Å². The molecule has 0 fully saturated rings. The third kappa shape index (κ3) is 3.83. The molecule has 0 aliphatic carbocycles. The Balaban J connectivity index is 2.07. The number of nitrogens with zero attached hydrogens (tertiary/aromatic N) is 2. The lowest BCUT2D eigenvalue weighted by atomic mass is 10.0. The smallest absolute Gasteiger partial charge is 0.190 e. The van der Waals surface area contributed by atoms with E-state index in [1.807, 2.05) is 24.3 Å². The fourth-order valence-electron chi connectivity index (χ4n) is 2.63. The Morgan fingerprint density at radius 2 is 1.84 bits per heavy atom. The van der Waals surface area contributed by atoms with E-state index in [9.17, 15) is 5.11 Å². The number of hydrogen-bond acceptors (Lipinski definition) is 4. The molecule has 1 heterocycles. The second kappa shape index (κ2) is 7.68. The Morgan fingerprint density at radius 3 is 2.48 bits per heavy atom. The van der Waals surface area contributed by atoms with Gasteiger partial charge in [-0.15, -0.1) is 11.3 Å². The molecule has 0 bridgehead atoms. The Hall–Kier alpha value is -2.37. The van der Waals surface area contributed by atoms with E-state index in [1.165, 1.54) is 11.1 Å². The van der Waals surface area contributed by atoms with Crippen LogP contribution in [-0.2, 0) is 6.54 Å². The largest absolute Gasteiger partial charge is 0.497 e. The lowest BCUT2D eigenvalue weighted by molar-refractivity contribution is 0.275. The summed E-state index contributed by atoms with van der Waals surface area (Å²) in [5.41, 5.74) is 5.61. The molecule has 0 spiro atoms. The summed E-state index contributed by atoms with van der Waals surface area (Å²) in [6.45, 7) is 4.81. The fraction of sp³-hybridized carbons (Fsp3) is 0.250. The van der Waals surface area contributed by atoms with Gasteiger partial charge in [0.2, 0.25) is 0 Å². The average Bonchev–Trinajstić information content (AvgIpc) is 3.01. The van der Waals surface area contributed by atoms with E-state index in [2.05, 4.69) is 42.0 Å². The van der Waals surface area contributed by atoms with E-state index >= 15 is 0 Å². The zero-order valence-electron chi connectivity index (χ0n) is 14.7. The van der Waals surface area contributed by atoms with E-state index in [-0.39, 0.29) is 6.61 Å². The van der Waals surface area contributed by atoms with Crippen LogP contribution in [0.4, 0.5) is 5.69 Å². The summed E-state index contributed by atoms with van der Waals surface area (Å²) >= 11 is 1.58. The highest BCUT2D eigenvalue weighted by Gasteiger charge is 2.09. The predicted molar refractivity (Wildman–Crippen MR) is 103 cm³/mol. The van der Waals surface area contributed by atoms with Crippen LogP contribution >= 0.6 is 11.3 Å². The summed E-state index contributed by atoms with van der Waals surface area (Å²) in [5, 5.41) is 11.6. The van der Waals surface area contributed by atoms with Crippen molar-refractivity contribution < 1.29 is 9.84 Å². The van der Waals surface area contributed by atoms with E-state index in [4.69, 9.17) is 9.73 Å². The standard InChI is InChI=1S/C20H22N2O2S/c1-14-4-5-16(12-15(14)2)19-13-25-20(22(19)10-11-23)21-17-6-8-18(24-3)9-7-17/h4-9,12-13,23H,10-11H2,1-3H3. The summed E-state index contributed by atoms with van der Waals surface area (Å²) < 4.78 is 7.26. The number of aliphatic hydroxyl groups is 1. The van der Waals surface area contributed by atoms with Gasteiger partial charge in [-0.2, -0.15) is 0 Å². The minimum atomic E-state index is 0.0738. The minimum absolute atomic E-state index is 0.0738. The van der Waals surface area contributed by atoms with Crippen molar-refractivity contribution in [2.24, 2.45) is 4.99 Å². The molecule has 0 aliphatic heterocycles. The van der Waals surface area contributed by atoms with Gasteiger partial charge in [-0.05, 0) is 60.9 Å². The van der Waals surface area contributed by atoms with Crippen molar-refractivity contribution in [1.82, 2.24) is 4.57 Å². The van der Waals surface area contributed by atoms with Crippen molar-refractivity contribution >= 4 is 17.0 Å². The van der Waals surface area contributed by atoms with Crippen LogP contribution < -0.4 is 9.54 Å². The van der Waals surface area contributed by atoms with Gasteiger partial charge in [0.15, 0.2) is 4.80 Å². The molecule has 3 rings (SSSR count).